The van der Waals surface area contributed by atoms with E-state index in [4.69, 9.17) is 5.73 Å². The summed E-state index contributed by atoms with van der Waals surface area (Å²) >= 11 is 4.39. The number of fused-ring (bicyclic) bond motifs is 1. The van der Waals surface area contributed by atoms with Gasteiger partial charge in [0, 0.05) is 22.2 Å². The first-order chi connectivity index (χ1) is 14.4. The molecular formula is C13H10N8O5S4. The number of hydrogen-bond donors (Lipinski definition) is 3. The molecule has 13 nitrogen and oxygen atoms in total. The predicted molar refractivity (Wildman–Crippen MR) is 108 cm³/mol. The number of aliphatic carboxylic acids is 1. The summed E-state index contributed by atoms with van der Waals surface area (Å²) in [7, 11) is 0. The van der Waals surface area contributed by atoms with Crippen LogP contribution in [0.5, 0.6) is 0 Å². The topological polar surface area (TPSA) is 194 Å². The number of rotatable bonds is 7. The first-order valence-electron chi connectivity index (χ1n) is 7.99. The highest BCUT2D eigenvalue weighted by atomic mass is 32.2. The molecule has 0 bridgehead atoms. The van der Waals surface area contributed by atoms with E-state index in [1.807, 2.05) is 0 Å². The first kappa shape index (κ1) is 20.6. The maximum absolute atomic E-state index is 12.7. The van der Waals surface area contributed by atoms with Crippen molar-refractivity contribution in [1.29, 1.82) is 0 Å². The molecule has 17 heteroatoms. The third-order valence-electron chi connectivity index (χ3n) is 4.05. The molecule has 2 aromatic heterocycles. The van der Waals surface area contributed by atoms with Crippen LogP contribution >= 0.6 is 46.6 Å². The number of carboxylic acid groups (broad SMARTS) is 1. The van der Waals surface area contributed by atoms with E-state index in [1.165, 1.54) is 29.7 Å². The molecule has 2 amide bonds. The zero-order chi connectivity index (χ0) is 21.4. The van der Waals surface area contributed by atoms with Gasteiger partial charge in [-0.3, -0.25) is 14.5 Å². The van der Waals surface area contributed by atoms with Crippen molar-refractivity contribution < 1.29 is 19.5 Å². The molecule has 0 spiro atoms. The lowest BCUT2D eigenvalue weighted by Crippen LogP contribution is -2.70. The van der Waals surface area contributed by atoms with Crippen molar-refractivity contribution in [3.63, 3.8) is 0 Å². The molecule has 156 valence electrons. The molecule has 0 radical (unpaired) electrons. The van der Waals surface area contributed by atoms with Gasteiger partial charge >= 0.3 is 5.97 Å². The molecular weight excluding hydrogens is 476 g/mol. The Balaban J connectivity index is 1.51. The Morgan fingerprint density at radius 1 is 1.43 bits per heavy atom. The van der Waals surface area contributed by atoms with Crippen LogP contribution < -0.4 is 11.1 Å². The SMILES string of the molecule is Nc1nc(C(N=O)C(=O)N[C@@H]2C(=O)N3C(C(=O)O)=C(Sc4cnns4)CSC23)ns1. The fraction of sp³-hybridized carbons (Fsp3) is 0.308. The van der Waals surface area contributed by atoms with Gasteiger partial charge in [-0.25, -0.2) is 9.78 Å². The smallest absolute Gasteiger partial charge is 0.353 e. The van der Waals surface area contributed by atoms with Gasteiger partial charge in [-0.2, -0.15) is 4.37 Å². The molecule has 2 aliphatic heterocycles. The summed E-state index contributed by atoms with van der Waals surface area (Å²) in [5.41, 5.74) is 5.31. The summed E-state index contributed by atoms with van der Waals surface area (Å²) in [5, 5.41) is 18.0. The second kappa shape index (κ2) is 8.25. The van der Waals surface area contributed by atoms with Crippen LogP contribution in [-0.4, -0.2) is 63.9 Å². The van der Waals surface area contributed by atoms with Crippen molar-refractivity contribution in [2.24, 2.45) is 5.18 Å². The largest absolute Gasteiger partial charge is 0.477 e. The number of carbonyl (C=O) groups excluding carboxylic acids is 2. The van der Waals surface area contributed by atoms with Gasteiger partial charge in [0.2, 0.25) is 6.04 Å². The number of aromatic nitrogens is 4. The number of nitrogen functional groups attached to an aromatic ring is 1. The van der Waals surface area contributed by atoms with E-state index in [0.717, 1.165) is 28.0 Å². The minimum absolute atomic E-state index is 0.0672. The summed E-state index contributed by atoms with van der Waals surface area (Å²) < 4.78 is 8.21. The zero-order valence-electron chi connectivity index (χ0n) is 14.5. The Labute approximate surface area is 183 Å². The van der Waals surface area contributed by atoms with E-state index in [1.54, 1.807) is 0 Å². The Bertz CT molecular complexity index is 1060. The zero-order valence-corrected chi connectivity index (χ0v) is 17.8. The molecule has 30 heavy (non-hydrogen) atoms. The third kappa shape index (κ3) is 3.64. The third-order valence-corrected chi connectivity index (χ3v) is 7.90. The van der Waals surface area contributed by atoms with Crippen molar-refractivity contribution in [1.82, 2.24) is 29.2 Å². The van der Waals surface area contributed by atoms with Gasteiger partial charge in [0.15, 0.2) is 11.0 Å². The standard InChI is InChI=1S/C13H10N8O5S4/c14-13-17-8(19-30-13)5(18-26)9(22)16-6-10(23)21-7(12(24)25)3(2-27-11(6)21)28-4-1-15-20-29-4/h1,5-6,11H,2H2,(H,16,22)(H,24,25)(H2,14,17,19)/t5?,6-,11?/m1/s1. The molecule has 1 fully saturated rings. The molecule has 3 atom stereocenters. The predicted octanol–water partition coefficient (Wildman–Crippen LogP) is 0.268. The van der Waals surface area contributed by atoms with Gasteiger partial charge in [-0.05, 0) is 16.7 Å². The number of nitrogens with one attached hydrogen (secondary N) is 1. The van der Waals surface area contributed by atoms with Gasteiger partial charge in [0.25, 0.3) is 11.8 Å². The van der Waals surface area contributed by atoms with Crippen molar-refractivity contribution >= 4 is 69.5 Å². The number of thioether (sulfide) groups is 2. The highest BCUT2D eigenvalue weighted by Gasteiger charge is 2.55. The molecule has 4 rings (SSSR count). The fourth-order valence-corrected chi connectivity index (χ4v) is 6.34. The van der Waals surface area contributed by atoms with Crippen LogP contribution in [-0.2, 0) is 14.4 Å². The molecule has 2 unspecified atom stereocenters. The van der Waals surface area contributed by atoms with E-state index in [-0.39, 0.29) is 16.7 Å². The van der Waals surface area contributed by atoms with Gasteiger partial charge in [0.1, 0.15) is 21.3 Å². The summed E-state index contributed by atoms with van der Waals surface area (Å²) in [6, 6.07) is -2.57. The minimum atomic E-state index is -1.56. The average molecular weight is 487 g/mol. The van der Waals surface area contributed by atoms with Crippen LogP contribution in [0.4, 0.5) is 5.13 Å². The molecule has 0 aliphatic carbocycles. The van der Waals surface area contributed by atoms with Crippen molar-refractivity contribution in [3.05, 3.63) is 27.5 Å². The lowest BCUT2D eigenvalue weighted by Gasteiger charge is -2.49. The van der Waals surface area contributed by atoms with E-state index >= 15 is 0 Å². The van der Waals surface area contributed by atoms with Crippen LogP contribution in [0.1, 0.15) is 11.9 Å². The lowest BCUT2D eigenvalue weighted by molar-refractivity contribution is -0.150. The maximum Gasteiger partial charge on any atom is 0.353 e. The molecule has 0 aromatic carbocycles. The number of nitrogens with zero attached hydrogens (tertiary/aromatic N) is 6. The highest BCUT2D eigenvalue weighted by Crippen LogP contribution is 2.45. The molecule has 1 saturated heterocycles. The number of carbonyl (C=O) groups is 3. The Morgan fingerprint density at radius 3 is 2.83 bits per heavy atom. The van der Waals surface area contributed by atoms with Gasteiger partial charge < -0.3 is 16.2 Å². The number of nitrogens with two attached hydrogens (primary N) is 1. The van der Waals surface area contributed by atoms with Crippen molar-refractivity contribution in [2.75, 3.05) is 11.5 Å². The van der Waals surface area contributed by atoms with Crippen LogP contribution in [0.3, 0.4) is 0 Å². The van der Waals surface area contributed by atoms with Gasteiger partial charge in [-0.1, -0.05) is 16.3 Å². The normalized spacial score (nSPS) is 21.6. The van der Waals surface area contributed by atoms with E-state index in [0.29, 0.717) is 14.9 Å². The Hall–Kier alpha value is -2.63. The number of hydrogen-bond acceptors (Lipinski definition) is 14. The van der Waals surface area contributed by atoms with Crippen LogP contribution in [0.25, 0.3) is 0 Å². The molecule has 4 heterocycles. The van der Waals surface area contributed by atoms with E-state index in [9.17, 15) is 24.4 Å². The number of carboxylic acids is 1. The second-order valence-electron chi connectivity index (χ2n) is 5.81. The quantitative estimate of drug-likeness (QED) is 0.357. The number of anilines is 1. The number of nitroso groups, excluding NO2 is 1. The molecule has 4 N–H and O–H groups in total. The maximum atomic E-state index is 12.7. The monoisotopic (exact) mass is 486 g/mol. The molecule has 2 aromatic rings. The average Bonchev–Trinajstić information content (AvgIpc) is 3.38. The van der Waals surface area contributed by atoms with Gasteiger partial charge in [0.05, 0.1) is 6.20 Å². The second-order valence-corrected chi connectivity index (χ2v) is 9.88. The van der Waals surface area contributed by atoms with Crippen LogP contribution in [0.2, 0.25) is 0 Å². The highest BCUT2D eigenvalue weighted by molar-refractivity contribution is 8.07. The molecule has 2 aliphatic rings. The summed E-state index contributed by atoms with van der Waals surface area (Å²) in [6.07, 6.45) is 1.51. The van der Waals surface area contributed by atoms with Crippen molar-refractivity contribution in [3.8, 4) is 0 Å². The minimum Gasteiger partial charge on any atom is -0.477 e. The molecule has 0 saturated carbocycles. The van der Waals surface area contributed by atoms with Crippen LogP contribution in [0.15, 0.2) is 26.2 Å². The van der Waals surface area contributed by atoms with E-state index < -0.39 is 35.2 Å². The summed E-state index contributed by atoms with van der Waals surface area (Å²) in [4.78, 5) is 53.4. The number of amides is 2. The van der Waals surface area contributed by atoms with Crippen LogP contribution in [0, 0.1) is 4.91 Å². The van der Waals surface area contributed by atoms with E-state index in [2.05, 4.69) is 29.4 Å². The van der Waals surface area contributed by atoms with Crippen molar-refractivity contribution in [2.45, 2.75) is 21.7 Å². The summed E-state index contributed by atoms with van der Waals surface area (Å²) in [5.74, 6) is -2.57. The Morgan fingerprint density at radius 2 is 2.23 bits per heavy atom. The summed E-state index contributed by atoms with van der Waals surface area (Å²) in [6.45, 7) is 0. The first-order valence-corrected chi connectivity index (χ1v) is 11.4. The Kier molecular flexibility index (Phi) is 5.67. The lowest BCUT2D eigenvalue weighted by atomic mass is 10.0. The van der Waals surface area contributed by atoms with Gasteiger partial charge in [-0.15, -0.1) is 21.8 Å². The number of β-lactam (4-membered cyclic amide) rings is 1. The fourth-order valence-electron chi connectivity index (χ4n) is 2.80.